The van der Waals surface area contributed by atoms with Gasteiger partial charge in [-0.25, -0.2) is 0 Å². The van der Waals surface area contributed by atoms with Crippen LogP contribution < -0.4 is 5.32 Å². The molecular weight excluding hydrogens is 214 g/mol. The van der Waals surface area contributed by atoms with Gasteiger partial charge in [-0.1, -0.05) is 6.07 Å². The summed E-state index contributed by atoms with van der Waals surface area (Å²) in [6.07, 6.45) is 3.52. The van der Waals surface area contributed by atoms with Crippen LogP contribution in [0.5, 0.6) is 0 Å². The maximum atomic E-state index is 12.1. The van der Waals surface area contributed by atoms with Crippen LogP contribution in [0.2, 0.25) is 0 Å². The highest BCUT2D eigenvalue weighted by Gasteiger charge is 2.18. The molecule has 0 unspecified atom stereocenters. The van der Waals surface area contributed by atoms with E-state index in [9.17, 15) is 4.79 Å². The molecule has 2 heterocycles. The molecule has 1 aliphatic heterocycles. The number of amides is 1. The third-order valence-corrected chi connectivity index (χ3v) is 3.02. The Morgan fingerprint density at radius 1 is 1.53 bits per heavy atom. The van der Waals surface area contributed by atoms with Crippen molar-refractivity contribution >= 4 is 5.91 Å². The Morgan fingerprint density at radius 2 is 2.29 bits per heavy atom. The van der Waals surface area contributed by atoms with E-state index in [0.29, 0.717) is 6.54 Å². The number of aromatic nitrogens is 1. The van der Waals surface area contributed by atoms with Crippen molar-refractivity contribution in [1.29, 1.82) is 0 Å². The second kappa shape index (κ2) is 5.10. The fraction of sp³-hybridized carbons (Fsp3) is 0.385. The third kappa shape index (κ3) is 2.71. The van der Waals surface area contributed by atoms with Crippen LogP contribution in [0.1, 0.15) is 12.5 Å². The predicted molar refractivity (Wildman–Crippen MR) is 66.3 cm³/mol. The van der Waals surface area contributed by atoms with Gasteiger partial charge in [0, 0.05) is 44.6 Å². The summed E-state index contributed by atoms with van der Waals surface area (Å²) in [5, 5.41) is 3.15. The molecule has 0 radical (unpaired) electrons. The molecule has 0 spiro atoms. The van der Waals surface area contributed by atoms with E-state index >= 15 is 0 Å². The van der Waals surface area contributed by atoms with Crippen molar-refractivity contribution in [3.05, 3.63) is 41.2 Å². The van der Waals surface area contributed by atoms with Crippen LogP contribution in [0, 0.1) is 0 Å². The van der Waals surface area contributed by atoms with Crippen LogP contribution in [-0.2, 0) is 11.3 Å². The number of hydrogen-bond acceptors (Lipinski definition) is 3. The molecule has 90 valence electrons. The van der Waals surface area contributed by atoms with Crippen LogP contribution >= 0.6 is 0 Å². The van der Waals surface area contributed by atoms with Crippen LogP contribution in [-0.4, -0.2) is 35.9 Å². The number of hydrogen-bond donors (Lipinski definition) is 1. The molecule has 1 aromatic heterocycles. The molecule has 4 heteroatoms. The quantitative estimate of drug-likeness (QED) is 0.788. The Labute approximate surface area is 101 Å². The minimum absolute atomic E-state index is 0.102. The molecule has 17 heavy (non-hydrogen) atoms. The standard InChI is InChI=1S/C13H17N3O/c1-10(12-7-15-8-12)13(17)16(2)9-11-4-3-5-14-6-11/h3-6,15H,7-9H2,1-2H3. The van der Waals surface area contributed by atoms with E-state index in [2.05, 4.69) is 10.3 Å². The average Bonchev–Trinajstić information content (AvgIpc) is 2.27. The normalized spacial score (nSPS) is 14.1. The van der Waals surface area contributed by atoms with Gasteiger partial charge in [0.05, 0.1) is 0 Å². The lowest BCUT2D eigenvalue weighted by Crippen LogP contribution is -2.38. The van der Waals surface area contributed by atoms with Gasteiger partial charge in [0.2, 0.25) is 5.91 Å². The summed E-state index contributed by atoms with van der Waals surface area (Å²) in [5.74, 6) is 0.102. The van der Waals surface area contributed by atoms with E-state index in [1.807, 2.05) is 26.1 Å². The molecule has 1 amide bonds. The van der Waals surface area contributed by atoms with Crippen molar-refractivity contribution in [3.63, 3.8) is 0 Å². The van der Waals surface area contributed by atoms with Crippen LogP contribution in [0.4, 0.5) is 0 Å². The van der Waals surface area contributed by atoms with E-state index in [1.54, 1.807) is 17.3 Å². The number of nitrogens with one attached hydrogen (secondary N) is 1. The Kier molecular flexibility index (Phi) is 3.54. The van der Waals surface area contributed by atoms with Crippen molar-refractivity contribution in [2.75, 3.05) is 20.1 Å². The SMILES string of the molecule is CC(C(=O)N(C)Cc1cccnc1)=C1CNC1. The number of carbonyl (C=O) groups is 1. The van der Waals surface area contributed by atoms with Crippen LogP contribution in [0.3, 0.4) is 0 Å². The smallest absolute Gasteiger partial charge is 0.249 e. The van der Waals surface area contributed by atoms with Gasteiger partial charge in [-0.15, -0.1) is 0 Å². The molecule has 1 N–H and O–H groups in total. The molecule has 0 bridgehead atoms. The number of rotatable bonds is 3. The van der Waals surface area contributed by atoms with Crippen molar-refractivity contribution in [2.45, 2.75) is 13.5 Å². The number of pyridine rings is 1. The van der Waals surface area contributed by atoms with E-state index in [0.717, 1.165) is 24.2 Å². The zero-order valence-electron chi connectivity index (χ0n) is 10.2. The van der Waals surface area contributed by atoms with Gasteiger partial charge < -0.3 is 10.2 Å². The maximum absolute atomic E-state index is 12.1. The molecule has 1 aromatic rings. The van der Waals surface area contributed by atoms with Crippen molar-refractivity contribution in [3.8, 4) is 0 Å². The topological polar surface area (TPSA) is 45.2 Å². The largest absolute Gasteiger partial charge is 0.338 e. The van der Waals surface area contributed by atoms with E-state index in [1.165, 1.54) is 5.57 Å². The molecule has 0 saturated carbocycles. The van der Waals surface area contributed by atoms with Gasteiger partial charge in [-0.3, -0.25) is 9.78 Å². The summed E-state index contributed by atoms with van der Waals surface area (Å²) in [6, 6.07) is 3.86. The van der Waals surface area contributed by atoms with E-state index in [-0.39, 0.29) is 5.91 Å². The number of carbonyl (C=O) groups excluding carboxylic acids is 1. The molecule has 2 rings (SSSR count). The Balaban J connectivity index is 2.01. The van der Waals surface area contributed by atoms with Gasteiger partial charge in [0.25, 0.3) is 0 Å². The fourth-order valence-electron chi connectivity index (χ4n) is 1.79. The summed E-state index contributed by atoms with van der Waals surface area (Å²) in [6.45, 7) is 4.19. The number of nitrogens with zero attached hydrogens (tertiary/aromatic N) is 2. The van der Waals surface area contributed by atoms with Crippen LogP contribution in [0.15, 0.2) is 35.7 Å². The van der Waals surface area contributed by atoms with Gasteiger partial charge >= 0.3 is 0 Å². The summed E-state index contributed by atoms with van der Waals surface area (Å²) in [7, 11) is 1.82. The fourth-order valence-corrected chi connectivity index (χ4v) is 1.79. The Hall–Kier alpha value is -1.68. The highest BCUT2D eigenvalue weighted by Crippen LogP contribution is 2.12. The molecule has 0 aromatic carbocycles. The summed E-state index contributed by atoms with van der Waals surface area (Å²) < 4.78 is 0. The monoisotopic (exact) mass is 231 g/mol. The van der Waals surface area contributed by atoms with Crippen LogP contribution in [0.25, 0.3) is 0 Å². The Morgan fingerprint density at radius 3 is 2.82 bits per heavy atom. The van der Waals surface area contributed by atoms with Crippen molar-refractivity contribution in [2.24, 2.45) is 0 Å². The molecule has 1 saturated heterocycles. The summed E-state index contributed by atoms with van der Waals surface area (Å²) >= 11 is 0. The summed E-state index contributed by atoms with van der Waals surface area (Å²) in [4.78, 5) is 17.9. The van der Waals surface area contributed by atoms with Crippen molar-refractivity contribution in [1.82, 2.24) is 15.2 Å². The molecule has 1 aliphatic rings. The van der Waals surface area contributed by atoms with E-state index in [4.69, 9.17) is 0 Å². The lowest BCUT2D eigenvalue weighted by Gasteiger charge is -2.24. The Bertz CT molecular complexity index is 433. The minimum Gasteiger partial charge on any atom is -0.338 e. The third-order valence-electron chi connectivity index (χ3n) is 3.02. The average molecular weight is 231 g/mol. The van der Waals surface area contributed by atoms with E-state index < -0.39 is 0 Å². The first-order valence-electron chi connectivity index (χ1n) is 5.72. The molecule has 1 fully saturated rings. The minimum atomic E-state index is 0.102. The lowest BCUT2D eigenvalue weighted by molar-refractivity contribution is -0.126. The highest BCUT2D eigenvalue weighted by molar-refractivity contribution is 5.93. The first-order valence-corrected chi connectivity index (χ1v) is 5.72. The van der Waals surface area contributed by atoms with Gasteiger partial charge in [0.1, 0.15) is 0 Å². The zero-order chi connectivity index (χ0) is 12.3. The van der Waals surface area contributed by atoms with Gasteiger partial charge in [-0.2, -0.15) is 0 Å². The molecule has 4 nitrogen and oxygen atoms in total. The lowest BCUT2D eigenvalue weighted by atomic mass is 10.0. The first-order chi connectivity index (χ1) is 8.18. The predicted octanol–water partition coefficient (Wildman–Crippen LogP) is 0.960. The second-order valence-electron chi connectivity index (χ2n) is 4.35. The first kappa shape index (κ1) is 11.8. The number of likely N-dealkylation sites (N-methyl/N-ethyl adjacent to an activating group) is 1. The second-order valence-corrected chi connectivity index (χ2v) is 4.35. The zero-order valence-corrected chi connectivity index (χ0v) is 10.2. The van der Waals surface area contributed by atoms with Gasteiger partial charge in [0.15, 0.2) is 0 Å². The molecule has 0 aliphatic carbocycles. The highest BCUT2D eigenvalue weighted by atomic mass is 16.2. The van der Waals surface area contributed by atoms with Gasteiger partial charge in [-0.05, 0) is 24.1 Å². The van der Waals surface area contributed by atoms with Crippen molar-refractivity contribution < 1.29 is 4.79 Å². The molecular formula is C13H17N3O. The molecule has 0 atom stereocenters. The summed E-state index contributed by atoms with van der Waals surface area (Å²) in [5.41, 5.74) is 3.14. The maximum Gasteiger partial charge on any atom is 0.249 e.